The molecule has 1 atom stereocenters. The number of nitrogens with zero attached hydrogens (tertiary/aromatic N) is 4. The van der Waals surface area contributed by atoms with Gasteiger partial charge in [-0.25, -0.2) is 4.68 Å². The molecule has 0 aliphatic rings. The fourth-order valence-corrected chi connectivity index (χ4v) is 2.20. The first-order valence-electron chi connectivity index (χ1n) is 5.26. The van der Waals surface area contributed by atoms with Crippen LogP contribution in [0.2, 0.25) is 0 Å². The molecule has 1 N–H and O–H groups in total. The van der Waals surface area contributed by atoms with E-state index in [1.54, 1.807) is 11.7 Å². The second-order valence-electron chi connectivity index (χ2n) is 3.82. The van der Waals surface area contributed by atoms with Crippen molar-refractivity contribution in [3.8, 4) is 0 Å². The fourth-order valence-electron chi connectivity index (χ4n) is 1.38. The normalized spacial score (nSPS) is 12.6. The third-order valence-corrected chi connectivity index (χ3v) is 3.50. The molecular weight excluding hydrogens is 236 g/mol. The van der Waals surface area contributed by atoms with Crippen LogP contribution >= 0.6 is 11.8 Å². The van der Waals surface area contributed by atoms with Gasteiger partial charge in [0.1, 0.15) is 0 Å². The monoisotopic (exact) mass is 250 g/mol. The SMILES string of the molecule is Cc1ccc(C(O)CSc2nnnn2C)cc1. The van der Waals surface area contributed by atoms with Crippen LogP contribution in [-0.4, -0.2) is 31.1 Å². The summed E-state index contributed by atoms with van der Waals surface area (Å²) in [7, 11) is 1.78. The Morgan fingerprint density at radius 1 is 1.35 bits per heavy atom. The molecule has 0 saturated heterocycles. The van der Waals surface area contributed by atoms with Gasteiger partial charge in [-0.05, 0) is 22.9 Å². The van der Waals surface area contributed by atoms with E-state index in [1.165, 1.54) is 17.3 Å². The predicted molar refractivity (Wildman–Crippen MR) is 65.7 cm³/mol. The lowest BCUT2D eigenvalue weighted by molar-refractivity contribution is 0.204. The second kappa shape index (κ2) is 5.29. The van der Waals surface area contributed by atoms with Gasteiger partial charge in [0.2, 0.25) is 5.16 Å². The van der Waals surface area contributed by atoms with E-state index in [0.717, 1.165) is 5.56 Å². The number of rotatable bonds is 4. The lowest BCUT2D eigenvalue weighted by Gasteiger charge is -2.09. The van der Waals surface area contributed by atoms with Gasteiger partial charge < -0.3 is 5.11 Å². The quantitative estimate of drug-likeness (QED) is 0.830. The van der Waals surface area contributed by atoms with E-state index >= 15 is 0 Å². The van der Waals surface area contributed by atoms with Crippen molar-refractivity contribution < 1.29 is 5.11 Å². The highest BCUT2D eigenvalue weighted by molar-refractivity contribution is 7.99. The van der Waals surface area contributed by atoms with Crippen molar-refractivity contribution in [1.29, 1.82) is 0 Å². The van der Waals surface area contributed by atoms with Gasteiger partial charge in [-0.15, -0.1) is 5.10 Å². The van der Waals surface area contributed by atoms with Gasteiger partial charge in [-0.1, -0.05) is 41.6 Å². The molecule has 0 fully saturated rings. The molecule has 5 nitrogen and oxygen atoms in total. The highest BCUT2D eigenvalue weighted by atomic mass is 32.2. The number of aliphatic hydroxyl groups is 1. The molecule has 1 aromatic carbocycles. The summed E-state index contributed by atoms with van der Waals surface area (Å²) in [4.78, 5) is 0. The van der Waals surface area contributed by atoms with Crippen molar-refractivity contribution in [2.24, 2.45) is 7.05 Å². The van der Waals surface area contributed by atoms with Gasteiger partial charge in [0, 0.05) is 12.8 Å². The van der Waals surface area contributed by atoms with Crippen molar-refractivity contribution in [2.45, 2.75) is 18.2 Å². The maximum absolute atomic E-state index is 10.0. The Kier molecular flexibility index (Phi) is 3.75. The Morgan fingerprint density at radius 2 is 2.06 bits per heavy atom. The Bertz CT molecular complexity index is 482. The molecule has 0 saturated carbocycles. The topological polar surface area (TPSA) is 63.8 Å². The van der Waals surface area contributed by atoms with Crippen LogP contribution < -0.4 is 0 Å². The predicted octanol–water partition coefficient (Wildman–Crippen LogP) is 1.34. The highest BCUT2D eigenvalue weighted by Crippen LogP contribution is 2.22. The van der Waals surface area contributed by atoms with Crippen LogP contribution in [0.4, 0.5) is 0 Å². The third-order valence-electron chi connectivity index (χ3n) is 2.41. The fraction of sp³-hybridized carbons (Fsp3) is 0.364. The second-order valence-corrected chi connectivity index (χ2v) is 4.81. The van der Waals surface area contributed by atoms with Crippen LogP contribution in [0.1, 0.15) is 17.2 Å². The van der Waals surface area contributed by atoms with Crippen molar-refractivity contribution >= 4 is 11.8 Å². The molecule has 1 unspecified atom stereocenters. The van der Waals surface area contributed by atoms with Crippen LogP contribution in [0.3, 0.4) is 0 Å². The molecule has 0 aliphatic heterocycles. The third kappa shape index (κ3) is 3.04. The lowest BCUT2D eigenvalue weighted by Crippen LogP contribution is -2.02. The Hall–Kier alpha value is -1.40. The first kappa shape index (κ1) is 12.1. The number of hydrogen-bond acceptors (Lipinski definition) is 5. The van der Waals surface area contributed by atoms with Gasteiger partial charge in [0.05, 0.1) is 6.10 Å². The standard InChI is InChI=1S/C11H14N4OS/c1-8-3-5-9(6-4-8)10(16)7-17-11-12-13-14-15(11)2/h3-6,10,16H,7H2,1-2H3. The summed E-state index contributed by atoms with van der Waals surface area (Å²) in [6, 6.07) is 7.87. The zero-order valence-corrected chi connectivity index (χ0v) is 10.6. The van der Waals surface area contributed by atoms with Crippen LogP contribution in [-0.2, 0) is 7.05 Å². The summed E-state index contributed by atoms with van der Waals surface area (Å²) in [5, 5.41) is 21.8. The largest absolute Gasteiger partial charge is 0.388 e. The summed E-state index contributed by atoms with van der Waals surface area (Å²) in [6.07, 6.45) is -0.503. The van der Waals surface area contributed by atoms with Crippen molar-refractivity contribution in [2.75, 3.05) is 5.75 Å². The number of hydrogen-bond donors (Lipinski definition) is 1. The van der Waals surface area contributed by atoms with Gasteiger partial charge in [-0.3, -0.25) is 0 Å². The summed E-state index contributed by atoms with van der Waals surface area (Å²) < 4.78 is 1.59. The Balaban J connectivity index is 1.95. The molecular formula is C11H14N4OS. The number of benzene rings is 1. The molecule has 0 spiro atoms. The number of aryl methyl sites for hydroxylation is 2. The van der Waals surface area contributed by atoms with E-state index in [4.69, 9.17) is 0 Å². The van der Waals surface area contributed by atoms with E-state index in [0.29, 0.717) is 10.9 Å². The number of tetrazole rings is 1. The Morgan fingerprint density at radius 3 is 2.65 bits per heavy atom. The average molecular weight is 250 g/mol. The van der Waals surface area contributed by atoms with Gasteiger partial charge in [-0.2, -0.15) is 0 Å². The maximum atomic E-state index is 10.0. The van der Waals surface area contributed by atoms with Gasteiger partial charge in [0.15, 0.2) is 0 Å². The van der Waals surface area contributed by atoms with E-state index < -0.39 is 6.10 Å². The molecule has 0 bridgehead atoms. The number of aliphatic hydroxyl groups excluding tert-OH is 1. The summed E-state index contributed by atoms with van der Waals surface area (Å²) in [5.41, 5.74) is 2.10. The Labute approximate surface area is 104 Å². The van der Waals surface area contributed by atoms with E-state index in [9.17, 15) is 5.11 Å². The van der Waals surface area contributed by atoms with Crippen LogP contribution in [0.5, 0.6) is 0 Å². The van der Waals surface area contributed by atoms with Crippen molar-refractivity contribution in [1.82, 2.24) is 20.2 Å². The van der Waals surface area contributed by atoms with E-state index in [1.807, 2.05) is 31.2 Å². The molecule has 6 heteroatoms. The lowest BCUT2D eigenvalue weighted by atomic mass is 10.1. The number of aromatic nitrogens is 4. The molecule has 2 aromatic rings. The van der Waals surface area contributed by atoms with Crippen LogP contribution in [0.15, 0.2) is 29.4 Å². The highest BCUT2D eigenvalue weighted by Gasteiger charge is 2.10. The van der Waals surface area contributed by atoms with E-state index in [2.05, 4.69) is 15.5 Å². The first-order valence-corrected chi connectivity index (χ1v) is 6.25. The zero-order valence-electron chi connectivity index (χ0n) is 9.74. The van der Waals surface area contributed by atoms with Gasteiger partial charge >= 0.3 is 0 Å². The molecule has 0 aliphatic carbocycles. The molecule has 2 rings (SSSR count). The maximum Gasteiger partial charge on any atom is 0.209 e. The van der Waals surface area contributed by atoms with Crippen LogP contribution in [0, 0.1) is 6.92 Å². The van der Waals surface area contributed by atoms with E-state index in [-0.39, 0.29) is 0 Å². The summed E-state index contributed by atoms with van der Waals surface area (Å²) >= 11 is 1.44. The molecule has 17 heavy (non-hydrogen) atoms. The minimum absolute atomic E-state index is 0.503. The first-order chi connectivity index (χ1) is 8.16. The zero-order chi connectivity index (χ0) is 12.3. The molecule has 1 aromatic heterocycles. The number of thioether (sulfide) groups is 1. The summed E-state index contributed by atoms with van der Waals surface area (Å²) in [6.45, 7) is 2.02. The molecule has 0 amide bonds. The van der Waals surface area contributed by atoms with Gasteiger partial charge in [0.25, 0.3) is 0 Å². The molecule has 1 heterocycles. The van der Waals surface area contributed by atoms with Crippen molar-refractivity contribution in [3.63, 3.8) is 0 Å². The molecule has 90 valence electrons. The summed E-state index contributed by atoms with van der Waals surface area (Å²) in [5.74, 6) is 0.539. The minimum Gasteiger partial charge on any atom is -0.388 e. The molecule has 0 radical (unpaired) electrons. The van der Waals surface area contributed by atoms with Crippen molar-refractivity contribution in [3.05, 3.63) is 35.4 Å². The minimum atomic E-state index is -0.503. The smallest absolute Gasteiger partial charge is 0.209 e. The van der Waals surface area contributed by atoms with Crippen LogP contribution in [0.25, 0.3) is 0 Å². The average Bonchev–Trinajstić information content (AvgIpc) is 2.73.